The molecule has 29 heavy (non-hydrogen) atoms. The first-order chi connectivity index (χ1) is 14.1. The molecule has 0 saturated heterocycles. The predicted octanol–water partition coefficient (Wildman–Crippen LogP) is 5.23. The Kier molecular flexibility index (Phi) is 5.46. The molecule has 9 heteroatoms. The number of aromatic amines is 1. The van der Waals surface area contributed by atoms with Crippen LogP contribution in [0.5, 0.6) is 11.5 Å². The minimum absolute atomic E-state index is 0.608. The van der Waals surface area contributed by atoms with Gasteiger partial charge in [-0.1, -0.05) is 23.4 Å². The van der Waals surface area contributed by atoms with Gasteiger partial charge in [0.1, 0.15) is 12.1 Å². The summed E-state index contributed by atoms with van der Waals surface area (Å²) in [5.41, 5.74) is 2.49. The maximum Gasteiger partial charge on any atom is 0.170 e. The summed E-state index contributed by atoms with van der Waals surface area (Å²) < 4.78 is 10.8. The molecule has 4 rings (SSSR count). The van der Waals surface area contributed by atoms with E-state index in [0.29, 0.717) is 22.3 Å². The van der Waals surface area contributed by atoms with Crippen LogP contribution in [0.2, 0.25) is 5.02 Å². The third-order valence-electron chi connectivity index (χ3n) is 4.22. The highest BCUT2D eigenvalue weighted by atomic mass is 35.5. The number of H-pyrrole nitrogens is 1. The lowest BCUT2D eigenvalue weighted by Gasteiger charge is -2.12. The first-order valence-corrected chi connectivity index (χ1v) is 9.90. The zero-order valence-electron chi connectivity index (χ0n) is 16.0. The number of aromatic nitrogens is 4. The fourth-order valence-corrected chi connectivity index (χ4v) is 3.93. The first-order valence-electron chi connectivity index (χ1n) is 8.70. The molecule has 0 aliphatic rings. The highest BCUT2D eigenvalue weighted by molar-refractivity contribution is 7.99. The van der Waals surface area contributed by atoms with Crippen LogP contribution in [0.25, 0.3) is 10.9 Å². The third kappa shape index (κ3) is 4.08. The van der Waals surface area contributed by atoms with Crippen molar-refractivity contribution in [3.8, 4) is 11.5 Å². The lowest BCUT2D eigenvalue weighted by molar-refractivity contribution is 0.356. The standard InChI is InChI=1S/C20H18ClN5O2S/c1-11-9-22-20(25-11)29-18-5-4-12(6-14(18)21)26-19-13-7-16(27-2)17(28-3)8-15(13)23-10-24-19/h4-10H,1-3H3,(H,22,25)(H,23,24,26). The minimum Gasteiger partial charge on any atom is -0.493 e. The van der Waals surface area contributed by atoms with Gasteiger partial charge < -0.3 is 19.8 Å². The summed E-state index contributed by atoms with van der Waals surface area (Å²) in [6.45, 7) is 1.94. The zero-order valence-corrected chi connectivity index (χ0v) is 17.6. The quantitative estimate of drug-likeness (QED) is 0.436. The molecular weight excluding hydrogens is 410 g/mol. The van der Waals surface area contributed by atoms with Gasteiger partial charge in [-0.05, 0) is 31.2 Å². The Hall–Kier alpha value is -2.97. The molecule has 0 amide bonds. The molecule has 0 bridgehead atoms. The molecule has 2 heterocycles. The van der Waals surface area contributed by atoms with Crippen LogP contribution in [0.3, 0.4) is 0 Å². The summed E-state index contributed by atoms with van der Waals surface area (Å²) in [4.78, 5) is 17.1. The monoisotopic (exact) mass is 427 g/mol. The molecule has 0 aliphatic carbocycles. The molecule has 0 spiro atoms. The first kappa shape index (κ1) is 19.4. The van der Waals surface area contributed by atoms with E-state index in [-0.39, 0.29) is 0 Å². The number of methoxy groups -OCH3 is 2. The highest BCUT2D eigenvalue weighted by Gasteiger charge is 2.12. The van der Waals surface area contributed by atoms with E-state index in [4.69, 9.17) is 21.1 Å². The number of ether oxygens (including phenoxy) is 2. The topological polar surface area (TPSA) is 85.0 Å². The summed E-state index contributed by atoms with van der Waals surface area (Å²) in [6.07, 6.45) is 3.36. The third-order valence-corrected chi connectivity index (χ3v) is 5.63. The van der Waals surface area contributed by atoms with Crippen LogP contribution in [-0.4, -0.2) is 34.2 Å². The summed E-state index contributed by atoms with van der Waals surface area (Å²) >= 11 is 7.97. The second-order valence-corrected chi connectivity index (χ2v) is 7.60. The van der Waals surface area contributed by atoms with Gasteiger partial charge in [-0.15, -0.1) is 0 Å². The van der Waals surface area contributed by atoms with E-state index in [1.807, 2.05) is 43.5 Å². The van der Waals surface area contributed by atoms with Crippen molar-refractivity contribution < 1.29 is 9.47 Å². The molecule has 148 valence electrons. The summed E-state index contributed by atoms with van der Waals surface area (Å²) in [5, 5.41) is 5.53. The largest absolute Gasteiger partial charge is 0.493 e. The number of aryl methyl sites for hydroxylation is 1. The van der Waals surface area contributed by atoms with Crippen LogP contribution in [0.4, 0.5) is 11.5 Å². The van der Waals surface area contributed by atoms with Gasteiger partial charge in [-0.2, -0.15) is 0 Å². The summed E-state index contributed by atoms with van der Waals surface area (Å²) in [6, 6.07) is 9.41. The van der Waals surface area contributed by atoms with E-state index in [0.717, 1.165) is 32.3 Å². The van der Waals surface area contributed by atoms with Crippen LogP contribution in [0, 0.1) is 6.92 Å². The number of fused-ring (bicyclic) bond motifs is 1. The van der Waals surface area contributed by atoms with Crippen molar-refractivity contribution in [2.45, 2.75) is 17.0 Å². The molecule has 0 fully saturated rings. The molecule has 0 atom stereocenters. The number of benzene rings is 2. The van der Waals surface area contributed by atoms with Crippen LogP contribution in [0.15, 0.2) is 52.9 Å². The molecule has 7 nitrogen and oxygen atoms in total. The zero-order chi connectivity index (χ0) is 20.4. The Bertz CT molecular complexity index is 1180. The van der Waals surface area contributed by atoms with E-state index >= 15 is 0 Å². The fraction of sp³-hybridized carbons (Fsp3) is 0.150. The van der Waals surface area contributed by atoms with E-state index in [2.05, 4.69) is 25.3 Å². The second kappa shape index (κ2) is 8.18. The molecule has 0 aliphatic heterocycles. The lowest BCUT2D eigenvalue weighted by atomic mass is 10.2. The number of anilines is 2. The number of hydrogen-bond acceptors (Lipinski definition) is 7. The highest BCUT2D eigenvalue weighted by Crippen LogP contribution is 2.36. The molecule has 0 unspecified atom stereocenters. The molecular formula is C20H18ClN5O2S. The van der Waals surface area contributed by atoms with Gasteiger partial charge >= 0.3 is 0 Å². The van der Waals surface area contributed by atoms with Crippen molar-refractivity contribution in [1.82, 2.24) is 19.9 Å². The number of halogens is 1. The molecule has 0 saturated carbocycles. The minimum atomic E-state index is 0.608. The average Bonchev–Trinajstić information content (AvgIpc) is 3.14. The molecule has 4 aromatic rings. The van der Waals surface area contributed by atoms with E-state index in [9.17, 15) is 0 Å². The van der Waals surface area contributed by atoms with Crippen molar-refractivity contribution in [3.05, 3.63) is 53.6 Å². The Morgan fingerprint density at radius 2 is 1.86 bits per heavy atom. The van der Waals surface area contributed by atoms with Gasteiger partial charge in [0.2, 0.25) is 0 Å². The molecule has 2 aromatic heterocycles. The van der Waals surface area contributed by atoms with Crippen LogP contribution in [0.1, 0.15) is 5.69 Å². The number of hydrogen-bond donors (Lipinski definition) is 2. The smallest absolute Gasteiger partial charge is 0.170 e. The van der Waals surface area contributed by atoms with Gasteiger partial charge in [0.25, 0.3) is 0 Å². The number of nitrogens with one attached hydrogen (secondary N) is 2. The van der Waals surface area contributed by atoms with Crippen molar-refractivity contribution in [2.75, 3.05) is 19.5 Å². The molecule has 2 N–H and O–H groups in total. The number of rotatable bonds is 6. The Balaban J connectivity index is 1.63. The van der Waals surface area contributed by atoms with Crippen molar-refractivity contribution in [1.29, 1.82) is 0 Å². The van der Waals surface area contributed by atoms with Crippen molar-refractivity contribution in [3.63, 3.8) is 0 Å². The maximum atomic E-state index is 6.49. The second-order valence-electron chi connectivity index (χ2n) is 6.17. The van der Waals surface area contributed by atoms with Crippen molar-refractivity contribution in [2.24, 2.45) is 0 Å². The average molecular weight is 428 g/mol. The normalized spacial score (nSPS) is 10.9. The van der Waals surface area contributed by atoms with Gasteiger partial charge in [-0.3, -0.25) is 0 Å². The van der Waals surface area contributed by atoms with Gasteiger partial charge in [0, 0.05) is 28.2 Å². The number of nitrogens with zero attached hydrogens (tertiary/aromatic N) is 3. The Morgan fingerprint density at radius 1 is 1.07 bits per heavy atom. The maximum absolute atomic E-state index is 6.49. The van der Waals surface area contributed by atoms with E-state index < -0.39 is 0 Å². The SMILES string of the molecule is COc1cc2ncnc(Nc3ccc(Sc4nc(C)c[nH]4)c(Cl)c3)c2cc1OC. The Morgan fingerprint density at radius 3 is 2.55 bits per heavy atom. The van der Waals surface area contributed by atoms with Crippen molar-refractivity contribution >= 4 is 45.8 Å². The summed E-state index contributed by atoms with van der Waals surface area (Å²) in [5.74, 6) is 1.87. The molecule has 2 aromatic carbocycles. The van der Waals surface area contributed by atoms with Gasteiger partial charge in [0.15, 0.2) is 16.7 Å². The van der Waals surface area contributed by atoms with Crippen LogP contribution >= 0.6 is 23.4 Å². The van der Waals surface area contributed by atoms with E-state index in [1.54, 1.807) is 14.2 Å². The van der Waals surface area contributed by atoms with Crippen LogP contribution < -0.4 is 14.8 Å². The summed E-state index contributed by atoms with van der Waals surface area (Å²) in [7, 11) is 3.19. The lowest BCUT2D eigenvalue weighted by Crippen LogP contribution is -1.98. The fourth-order valence-electron chi connectivity index (χ4n) is 2.83. The van der Waals surface area contributed by atoms with Gasteiger partial charge in [0.05, 0.1) is 30.5 Å². The molecule has 0 radical (unpaired) electrons. The predicted molar refractivity (Wildman–Crippen MR) is 115 cm³/mol. The number of imidazole rings is 1. The van der Waals surface area contributed by atoms with Crippen LogP contribution in [-0.2, 0) is 0 Å². The Labute approximate surface area is 176 Å². The van der Waals surface area contributed by atoms with Gasteiger partial charge in [-0.25, -0.2) is 15.0 Å². The van der Waals surface area contributed by atoms with E-state index in [1.165, 1.54) is 18.1 Å².